The summed E-state index contributed by atoms with van der Waals surface area (Å²) in [6.45, 7) is 4.47. The highest BCUT2D eigenvalue weighted by molar-refractivity contribution is 6.11. The highest BCUT2D eigenvalue weighted by Crippen LogP contribution is 2.51. The first-order valence-electron chi connectivity index (χ1n) is 19.9. The quantitative estimate of drug-likeness (QED) is 0.202. The second kappa shape index (κ2) is 10.1. The normalized spacial score (nSPS) is 16.2. The molecule has 0 N–H and O–H groups in total. The number of fused-ring (bicyclic) bond motifs is 6. The van der Waals surface area contributed by atoms with E-state index in [1.54, 1.807) is 6.07 Å². The predicted octanol–water partition coefficient (Wildman–Crippen LogP) is 10.3. The Morgan fingerprint density at radius 3 is 1.87 bits per heavy atom. The summed E-state index contributed by atoms with van der Waals surface area (Å²) >= 11 is 0. The summed E-state index contributed by atoms with van der Waals surface area (Å²) in [5, 5.41) is 2.13. The van der Waals surface area contributed by atoms with Crippen molar-refractivity contribution in [3.63, 3.8) is 0 Å². The van der Waals surface area contributed by atoms with Gasteiger partial charge < -0.3 is 4.57 Å². The summed E-state index contributed by atoms with van der Waals surface area (Å²) in [4.78, 5) is 13.7. The van der Waals surface area contributed by atoms with Gasteiger partial charge in [0.25, 0.3) is 0 Å². The van der Waals surface area contributed by atoms with E-state index in [4.69, 9.17) is 13.7 Å². The van der Waals surface area contributed by atoms with E-state index >= 15 is 0 Å². The highest BCUT2D eigenvalue weighted by atomic mass is 15.0. The average molecular weight is 601 g/mol. The van der Waals surface area contributed by atoms with Crippen molar-refractivity contribution in [2.45, 2.75) is 19.3 Å². The van der Waals surface area contributed by atoms with Crippen molar-refractivity contribution < 1.29 is 13.7 Å². The number of para-hydroxylation sites is 1. The molecule has 0 saturated heterocycles. The first-order chi connectivity index (χ1) is 26.7. The van der Waals surface area contributed by atoms with E-state index in [1.165, 1.54) is 22.3 Å². The largest absolute Gasteiger partial charge is 0.309 e. The first kappa shape index (κ1) is 18.2. The summed E-state index contributed by atoms with van der Waals surface area (Å²) in [6.07, 6.45) is 0. The van der Waals surface area contributed by atoms with Gasteiger partial charge in [0, 0.05) is 38.6 Å². The lowest BCUT2D eigenvalue weighted by Crippen LogP contribution is -2.14. The second-order valence-corrected chi connectivity index (χ2v) is 11.8. The van der Waals surface area contributed by atoms with Gasteiger partial charge in [-0.05, 0) is 52.6 Å². The Balaban J connectivity index is 1.30. The Bertz CT molecular complexity index is 2880. The van der Waals surface area contributed by atoms with E-state index in [0.717, 1.165) is 27.5 Å². The third-order valence-corrected chi connectivity index (χ3v) is 8.82. The topological polar surface area (TPSA) is 43.6 Å². The van der Waals surface area contributed by atoms with Crippen molar-refractivity contribution >= 4 is 21.8 Å². The van der Waals surface area contributed by atoms with Crippen LogP contribution in [0, 0.1) is 0 Å². The van der Waals surface area contributed by atoms with Gasteiger partial charge in [0.2, 0.25) is 0 Å². The molecule has 218 valence electrons. The Hall–Kier alpha value is -5.87. The molecule has 0 radical (unpaired) electrons. The fourth-order valence-corrected chi connectivity index (χ4v) is 6.68. The lowest BCUT2D eigenvalue weighted by atomic mass is 9.82. The van der Waals surface area contributed by atoms with Gasteiger partial charge in [0.05, 0.1) is 24.7 Å². The minimum atomic E-state index is -0.599. The van der Waals surface area contributed by atoms with Gasteiger partial charge in [-0.3, -0.25) is 0 Å². The lowest BCUT2D eigenvalue weighted by molar-refractivity contribution is 0.661. The van der Waals surface area contributed by atoms with E-state index in [2.05, 4.69) is 81.9 Å². The molecule has 4 heteroatoms. The molecule has 0 aliphatic heterocycles. The number of hydrogen-bond donors (Lipinski definition) is 0. The second-order valence-electron chi connectivity index (χ2n) is 11.8. The van der Waals surface area contributed by atoms with Crippen LogP contribution in [-0.2, 0) is 5.41 Å². The van der Waals surface area contributed by atoms with E-state index < -0.39 is 60.4 Å². The van der Waals surface area contributed by atoms with Gasteiger partial charge in [-0.15, -0.1) is 0 Å². The third-order valence-electron chi connectivity index (χ3n) is 8.82. The SMILES string of the molecule is [2H]c1c([2H])c([2H])c(-c2nc(-c3cccc(-n4c5ccccc5c5cc6c(cc54)C(C)(C)c4ccccc4-6)c3)nc(-c3c([2H])c([2H])c([2H])c([2H])c3[2H])n2)c([2H])c1[2H]. The standard InChI is InChI=1S/C42H30N4/c1-42(2)35-22-11-9-20-31(35)33-25-34-32-21-10-12-23-37(32)46(38(34)26-36(33)42)30-19-13-18-29(24-30)41-44-39(27-14-5-3-6-15-27)43-40(45-41)28-16-7-4-8-17-28/h3-26H,1-2H3/i3D,4D,5D,6D,7D,8D,14D,15D,16D,17D. The molecule has 0 bridgehead atoms. The van der Waals surface area contributed by atoms with Crippen molar-refractivity contribution in [3.8, 4) is 51.0 Å². The monoisotopic (exact) mass is 600 g/mol. The van der Waals surface area contributed by atoms with Gasteiger partial charge in [0.15, 0.2) is 17.5 Å². The van der Waals surface area contributed by atoms with Gasteiger partial charge in [0.1, 0.15) is 0 Å². The average Bonchev–Trinajstić information content (AvgIpc) is 3.65. The summed E-state index contributed by atoms with van der Waals surface area (Å²) < 4.78 is 86.3. The van der Waals surface area contributed by atoms with E-state index in [9.17, 15) is 0 Å². The zero-order chi connectivity index (χ0) is 39.5. The molecular formula is C42H30N4. The molecule has 1 aliphatic rings. The molecule has 2 heterocycles. The molecule has 0 atom stereocenters. The van der Waals surface area contributed by atoms with Crippen LogP contribution in [0.4, 0.5) is 0 Å². The zero-order valence-electron chi connectivity index (χ0n) is 34.9. The molecule has 0 fully saturated rings. The van der Waals surface area contributed by atoms with Crippen molar-refractivity contribution in [2.75, 3.05) is 0 Å². The van der Waals surface area contributed by atoms with E-state index in [0.29, 0.717) is 5.56 Å². The molecule has 6 aromatic carbocycles. The van der Waals surface area contributed by atoms with Gasteiger partial charge in [-0.25, -0.2) is 15.0 Å². The van der Waals surface area contributed by atoms with Crippen LogP contribution >= 0.6 is 0 Å². The summed E-state index contributed by atoms with van der Waals surface area (Å²) in [5.74, 6) is -0.620. The number of nitrogens with zero attached hydrogens (tertiary/aromatic N) is 4. The Kier molecular flexibility index (Phi) is 3.98. The lowest BCUT2D eigenvalue weighted by Gasteiger charge is -2.21. The maximum absolute atomic E-state index is 8.67. The predicted molar refractivity (Wildman–Crippen MR) is 188 cm³/mol. The fourth-order valence-electron chi connectivity index (χ4n) is 6.68. The fraction of sp³-hybridized carbons (Fsp3) is 0.0714. The van der Waals surface area contributed by atoms with Crippen LogP contribution in [0.5, 0.6) is 0 Å². The smallest absolute Gasteiger partial charge is 0.164 e. The van der Waals surface area contributed by atoms with Gasteiger partial charge in [-0.2, -0.15) is 0 Å². The molecule has 46 heavy (non-hydrogen) atoms. The van der Waals surface area contributed by atoms with Crippen LogP contribution < -0.4 is 0 Å². The van der Waals surface area contributed by atoms with Crippen LogP contribution in [0.25, 0.3) is 72.8 Å². The first-order valence-corrected chi connectivity index (χ1v) is 14.9. The van der Waals surface area contributed by atoms with E-state index in [1.807, 2.05) is 30.3 Å². The molecule has 9 rings (SSSR count). The zero-order valence-corrected chi connectivity index (χ0v) is 24.9. The summed E-state index contributed by atoms with van der Waals surface area (Å²) in [7, 11) is 0. The van der Waals surface area contributed by atoms with Gasteiger partial charge >= 0.3 is 0 Å². The minimum absolute atomic E-state index is 0.00344. The number of rotatable bonds is 4. The van der Waals surface area contributed by atoms with Crippen molar-refractivity contribution in [2.24, 2.45) is 0 Å². The molecule has 1 aliphatic carbocycles. The molecule has 0 saturated carbocycles. The van der Waals surface area contributed by atoms with Crippen LogP contribution in [0.1, 0.15) is 38.7 Å². The summed E-state index contributed by atoms with van der Waals surface area (Å²) in [5.41, 5.74) is 7.16. The number of benzene rings is 6. The Labute approximate surface area is 281 Å². The van der Waals surface area contributed by atoms with Crippen molar-refractivity contribution in [3.05, 3.63) is 156 Å². The minimum Gasteiger partial charge on any atom is -0.309 e. The molecule has 0 unspecified atom stereocenters. The van der Waals surface area contributed by atoms with Crippen LogP contribution in [0.3, 0.4) is 0 Å². The number of hydrogen-bond acceptors (Lipinski definition) is 3. The number of aromatic nitrogens is 4. The maximum Gasteiger partial charge on any atom is 0.164 e. The Morgan fingerprint density at radius 2 is 1.15 bits per heavy atom. The van der Waals surface area contributed by atoms with Crippen molar-refractivity contribution in [1.29, 1.82) is 0 Å². The van der Waals surface area contributed by atoms with Crippen molar-refractivity contribution in [1.82, 2.24) is 19.5 Å². The molecule has 0 spiro atoms. The maximum atomic E-state index is 8.67. The Morgan fingerprint density at radius 1 is 0.522 bits per heavy atom. The molecule has 4 nitrogen and oxygen atoms in total. The summed E-state index contributed by atoms with van der Waals surface area (Å²) in [6, 6.07) is 22.8. The molecule has 8 aromatic rings. The molecule has 2 aromatic heterocycles. The van der Waals surface area contributed by atoms with E-state index in [-0.39, 0.29) is 34.0 Å². The third kappa shape index (κ3) is 4.04. The van der Waals surface area contributed by atoms with Crippen LogP contribution in [0.15, 0.2) is 145 Å². The van der Waals surface area contributed by atoms with Gasteiger partial charge in [-0.1, -0.05) is 129 Å². The molecular weight excluding hydrogens is 560 g/mol. The highest BCUT2D eigenvalue weighted by Gasteiger charge is 2.36. The van der Waals surface area contributed by atoms with Crippen LogP contribution in [0.2, 0.25) is 0 Å². The molecule has 0 amide bonds. The van der Waals surface area contributed by atoms with Crippen LogP contribution in [-0.4, -0.2) is 19.5 Å².